The van der Waals surface area contributed by atoms with Crippen LogP contribution in [0.2, 0.25) is 13.1 Å². The van der Waals surface area contributed by atoms with Crippen molar-refractivity contribution in [1.82, 2.24) is 0 Å². The third-order valence-corrected chi connectivity index (χ3v) is 3.79. The summed E-state index contributed by atoms with van der Waals surface area (Å²) in [7, 11) is 0. The predicted molar refractivity (Wildman–Crippen MR) is 107 cm³/mol. The molecule has 0 aromatic rings. The van der Waals surface area contributed by atoms with Crippen molar-refractivity contribution in [2.75, 3.05) is 0 Å². The van der Waals surface area contributed by atoms with E-state index in [1.165, 1.54) is 49.7 Å². The van der Waals surface area contributed by atoms with E-state index in [9.17, 15) is 0 Å². The van der Waals surface area contributed by atoms with Crippen molar-refractivity contribution in [3.8, 4) is 0 Å². The van der Waals surface area contributed by atoms with Crippen LogP contribution in [0.3, 0.4) is 0 Å². The quantitative estimate of drug-likeness (QED) is 0.389. The molecule has 0 aromatic carbocycles. The van der Waals surface area contributed by atoms with Crippen LogP contribution in [0, 0.1) is 12.2 Å². The zero-order valence-electron chi connectivity index (χ0n) is 17.6. The van der Waals surface area contributed by atoms with E-state index in [0.717, 1.165) is 12.8 Å². The van der Waals surface area contributed by atoms with E-state index in [4.69, 9.17) is 0 Å². The van der Waals surface area contributed by atoms with E-state index in [1.54, 1.807) is 34.5 Å². The van der Waals surface area contributed by atoms with Gasteiger partial charge in [-0.05, 0) is 0 Å². The smallest absolute Gasteiger partial charge is 1.00 e. The Morgan fingerprint density at radius 1 is 0.808 bits per heavy atom. The fraction of sp³-hybridized carbons (Fsp3) is 0.636. The summed E-state index contributed by atoms with van der Waals surface area (Å²) in [5.74, 6) is 0. The van der Waals surface area contributed by atoms with E-state index in [2.05, 4.69) is 65.1 Å². The minimum atomic E-state index is 0. The summed E-state index contributed by atoms with van der Waals surface area (Å²) in [4.78, 5) is 0. The maximum Gasteiger partial charge on any atom is -1.00 e. The maximum absolute atomic E-state index is 3.38. The van der Waals surface area contributed by atoms with Crippen molar-refractivity contribution in [3.05, 3.63) is 46.6 Å². The first-order valence-corrected chi connectivity index (χ1v) is 15.7. The van der Waals surface area contributed by atoms with Gasteiger partial charge in [-0.1, -0.05) is 66.2 Å². The van der Waals surface area contributed by atoms with Gasteiger partial charge in [0, 0.05) is 0 Å². The van der Waals surface area contributed by atoms with Crippen LogP contribution >= 0.6 is 0 Å². The molecular weight excluding hydrogens is 454 g/mol. The average Bonchev–Trinajstić information content (AvgIpc) is 3.17. The molecule has 0 nitrogen and oxygen atoms in total. The fourth-order valence-corrected chi connectivity index (χ4v) is 2.46. The van der Waals surface area contributed by atoms with Crippen LogP contribution in [-0.4, -0.2) is 5.43 Å². The van der Waals surface area contributed by atoms with Gasteiger partial charge in [-0.2, -0.15) is 11.1 Å². The molecule has 0 fully saturated rings. The summed E-state index contributed by atoms with van der Waals surface area (Å²) in [5, 5.41) is 0. The molecule has 26 heavy (non-hydrogen) atoms. The minimum absolute atomic E-state index is 0. The Hall–Kier alpha value is 0.640. The van der Waals surface area contributed by atoms with Gasteiger partial charge in [0.05, 0.1) is 0 Å². The molecule has 0 amide bonds. The molecule has 0 saturated heterocycles. The van der Waals surface area contributed by atoms with Crippen LogP contribution < -0.4 is 24.8 Å². The van der Waals surface area contributed by atoms with E-state index in [1.807, 2.05) is 0 Å². The van der Waals surface area contributed by atoms with Crippen LogP contribution in [0.4, 0.5) is 0 Å². The van der Waals surface area contributed by atoms with Crippen molar-refractivity contribution in [1.29, 1.82) is 0 Å². The zero-order chi connectivity index (χ0) is 18.4. The van der Waals surface area contributed by atoms with Gasteiger partial charge in [-0.25, -0.2) is 23.3 Å². The normalized spacial score (nSPS) is 14.2. The number of hydrogen-bond donors (Lipinski definition) is 0. The maximum atomic E-state index is 3.38. The van der Waals surface area contributed by atoms with Gasteiger partial charge < -0.3 is 24.8 Å². The van der Waals surface area contributed by atoms with Gasteiger partial charge in [0.15, 0.2) is 0 Å². The largest absolute Gasteiger partial charge is 1.00 e. The number of halogens is 2. The summed E-state index contributed by atoms with van der Waals surface area (Å²) in [6.45, 7) is 13.5. The molecule has 2 rings (SSSR count). The first-order valence-electron chi connectivity index (χ1n) is 9.56. The third kappa shape index (κ3) is 16.8. The van der Waals surface area contributed by atoms with Crippen LogP contribution in [0.1, 0.15) is 79.1 Å². The number of rotatable bonds is 6. The Morgan fingerprint density at radius 3 is 1.31 bits per heavy atom. The molecule has 2 aliphatic rings. The van der Waals surface area contributed by atoms with Crippen molar-refractivity contribution >= 4 is 5.43 Å². The van der Waals surface area contributed by atoms with E-state index >= 15 is 0 Å². The summed E-state index contributed by atoms with van der Waals surface area (Å²) < 4.78 is 0. The molecule has 0 heterocycles. The second-order valence-corrected chi connectivity index (χ2v) is 15.9. The zero-order valence-corrected chi connectivity index (χ0v) is 22.5. The number of hydrogen-bond acceptors (Lipinski definition) is 0. The Balaban J connectivity index is -0.000000319. The van der Waals surface area contributed by atoms with Crippen molar-refractivity contribution < 1.29 is 48.1 Å². The minimum Gasteiger partial charge on any atom is -1.00 e. The molecule has 0 unspecified atom stereocenters. The topological polar surface area (TPSA) is 0 Å². The first-order chi connectivity index (χ1) is 11.5. The molecule has 0 radical (unpaired) electrons. The van der Waals surface area contributed by atoms with Crippen LogP contribution in [0.15, 0.2) is 34.4 Å². The monoisotopic (exact) mass is 488 g/mol. The van der Waals surface area contributed by atoms with E-state index in [-0.39, 0.29) is 30.2 Å². The van der Waals surface area contributed by atoms with Crippen LogP contribution in [-0.2, 0) is 23.3 Å². The molecule has 148 valence electrons. The molecule has 0 spiro atoms. The average molecular weight is 491 g/mol. The van der Waals surface area contributed by atoms with Gasteiger partial charge in [0.2, 0.25) is 0 Å². The standard InChI is InChI=1S/2C10H15.C2H6Si.2ClH.Zr/c2*1-3-5-10-7-6-9(4-2)8-10;1-3-2;;;/h2*8H,3-6H2,1-2H3;1-2H3;2*1H;/q2*-1;;;;+2/p-2. The van der Waals surface area contributed by atoms with Crippen molar-refractivity contribution in [2.45, 2.75) is 92.2 Å². The Labute approximate surface area is 191 Å². The molecule has 0 aromatic heterocycles. The van der Waals surface area contributed by atoms with Crippen LogP contribution in [0.5, 0.6) is 0 Å². The van der Waals surface area contributed by atoms with Gasteiger partial charge in [0.25, 0.3) is 0 Å². The summed E-state index contributed by atoms with van der Waals surface area (Å²) in [5.41, 5.74) is 6.16. The van der Waals surface area contributed by atoms with Gasteiger partial charge >= 0.3 is 41.9 Å². The van der Waals surface area contributed by atoms with Gasteiger partial charge in [0.1, 0.15) is 0 Å². The Morgan fingerprint density at radius 2 is 1.12 bits per heavy atom. The molecule has 2 aliphatic carbocycles. The van der Waals surface area contributed by atoms with Gasteiger partial charge in [-0.3, -0.25) is 12.2 Å². The predicted octanol–water partition coefficient (Wildman–Crippen LogP) is 1.30. The fourth-order valence-electron chi connectivity index (χ4n) is 2.46. The molecule has 0 atom stereocenters. The Bertz CT molecular complexity index is 458. The van der Waals surface area contributed by atoms with Gasteiger partial charge in [-0.15, -0.1) is 12.8 Å². The van der Waals surface area contributed by atoms with Crippen molar-refractivity contribution in [3.63, 3.8) is 0 Å². The number of allylic oxidation sites excluding steroid dienone is 8. The Kier molecular flexibility index (Phi) is 24.6. The van der Waals surface area contributed by atoms with E-state index < -0.39 is 0 Å². The van der Waals surface area contributed by atoms with Crippen molar-refractivity contribution in [2.24, 2.45) is 0 Å². The summed E-state index contributed by atoms with van der Waals surface area (Å²) >= 11 is 1.74. The second-order valence-electron chi connectivity index (χ2n) is 6.57. The molecule has 0 N–H and O–H groups in total. The van der Waals surface area contributed by atoms with Crippen LogP contribution in [0.25, 0.3) is 0 Å². The SMILES string of the molecule is CCCC1=[C-]CC(CC)=C1.CCCC1=[C-]CC(CC)=C1.C[Si](C)=[Zr+2].[Cl-].[Cl-]. The molecule has 4 heteroatoms. The summed E-state index contributed by atoms with van der Waals surface area (Å²) in [6, 6.07) is 0. The first kappa shape index (κ1) is 31.3. The summed E-state index contributed by atoms with van der Waals surface area (Å²) in [6.07, 6.45) is 20.9. The molecule has 0 aliphatic heterocycles. The third-order valence-electron chi connectivity index (χ3n) is 3.79. The molecular formula is C22H36Cl2SiZr-2. The molecule has 0 bridgehead atoms. The van der Waals surface area contributed by atoms with E-state index in [0.29, 0.717) is 0 Å². The second kappa shape index (κ2) is 20.4. The molecule has 0 saturated carbocycles.